The van der Waals surface area contributed by atoms with Crippen LogP contribution in [0.5, 0.6) is 0 Å². The molecule has 1 aliphatic heterocycles. The number of aliphatic hydroxyl groups is 1. The van der Waals surface area contributed by atoms with Crippen LogP contribution in [-0.2, 0) is 17.4 Å². The smallest absolute Gasteiger partial charge is 0.247 e. The summed E-state index contributed by atoms with van der Waals surface area (Å²) < 4.78 is 1.62. The van der Waals surface area contributed by atoms with Gasteiger partial charge in [0.25, 0.3) is 0 Å². The molecule has 1 saturated carbocycles. The van der Waals surface area contributed by atoms with Crippen LogP contribution in [0.2, 0.25) is 0 Å². The first kappa shape index (κ1) is 18.4. The molecule has 1 aliphatic carbocycles. The van der Waals surface area contributed by atoms with Crippen molar-refractivity contribution in [1.29, 1.82) is 5.26 Å². The quantitative estimate of drug-likeness (QED) is 0.825. The van der Waals surface area contributed by atoms with Crippen LogP contribution in [0.1, 0.15) is 38.8 Å². The fourth-order valence-corrected chi connectivity index (χ4v) is 4.02. The molecule has 0 spiro atoms. The van der Waals surface area contributed by atoms with E-state index in [2.05, 4.69) is 21.5 Å². The van der Waals surface area contributed by atoms with Crippen LogP contribution in [-0.4, -0.2) is 32.3 Å². The molecule has 1 amide bonds. The Kier molecular flexibility index (Phi) is 4.16. The molecule has 1 saturated heterocycles. The fraction of sp³-hybridized carbons (Fsp3) is 0.500. The Morgan fingerprint density at radius 2 is 2.11 bits per heavy atom. The molecular formula is C20H24N6O2. The number of aryl methyl sites for hydroxylation is 1. The number of aromatic nitrogens is 3. The van der Waals surface area contributed by atoms with Crippen LogP contribution < -0.4 is 10.2 Å². The highest BCUT2D eigenvalue weighted by Crippen LogP contribution is 2.51. The van der Waals surface area contributed by atoms with Gasteiger partial charge >= 0.3 is 0 Å². The number of nitrogens with one attached hydrogen (secondary N) is 1. The van der Waals surface area contributed by atoms with Gasteiger partial charge < -0.3 is 15.3 Å². The normalized spacial score (nSPS) is 22.4. The van der Waals surface area contributed by atoms with E-state index < -0.39 is 11.0 Å². The van der Waals surface area contributed by atoms with Crippen molar-refractivity contribution in [3.8, 4) is 6.07 Å². The van der Waals surface area contributed by atoms with Crippen LogP contribution in [0.4, 0.5) is 17.3 Å². The maximum Gasteiger partial charge on any atom is 0.247 e. The van der Waals surface area contributed by atoms with Crippen molar-refractivity contribution in [2.24, 2.45) is 18.4 Å². The molecule has 3 heterocycles. The van der Waals surface area contributed by atoms with Crippen LogP contribution in [0.25, 0.3) is 0 Å². The monoisotopic (exact) mass is 380 g/mol. The minimum atomic E-state index is -1.01. The zero-order valence-electron chi connectivity index (χ0n) is 16.3. The second-order valence-corrected chi connectivity index (χ2v) is 8.19. The summed E-state index contributed by atoms with van der Waals surface area (Å²) in [6, 6.07) is 7.64. The standard InChI is InChI=1S/C20H24N6O2/c1-19(2,28)15-11-17(24-25(15)3)23-16-10-14(6-8-22-16)26-9-7-20(12-21,18(26)27)13-4-5-13/h6,8,10-11,13,28H,4-5,7,9H2,1-3H3,(H,22,23,24)/t20-/m1/s1. The van der Waals surface area contributed by atoms with Gasteiger partial charge in [-0.05, 0) is 45.1 Å². The maximum atomic E-state index is 13.0. The molecule has 8 nitrogen and oxygen atoms in total. The molecule has 2 N–H and O–H groups in total. The summed E-state index contributed by atoms with van der Waals surface area (Å²) >= 11 is 0. The number of amides is 1. The molecule has 1 atom stereocenters. The van der Waals surface area contributed by atoms with Crippen LogP contribution in [0.3, 0.4) is 0 Å². The topological polar surface area (TPSA) is 107 Å². The van der Waals surface area contributed by atoms with Crippen molar-refractivity contribution < 1.29 is 9.90 Å². The second-order valence-electron chi connectivity index (χ2n) is 8.19. The lowest BCUT2D eigenvalue weighted by Crippen LogP contribution is -2.35. The highest BCUT2D eigenvalue weighted by molar-refractivity contribution is 6.02. The number of nitrogens with zero attached hydrogens (tertiary/aromatic N) is 5. The summed E-state index contributed by atoms with van der Waals surface area (Å²) in [6.07, 6.45) is 4.13. The van der Waals surface area contributed by atoms with Gasteiger partial charge in [0.2, 0.25) is 5.91 Å². The summed E-state index contributed by atoms with van der Waals surface area (Å²) in [7, 11) is 1.77. The van der Waals surface area contributed by atoms with Gasteiger partial charge in [-0.25, -0.2) is 4.98 Å². The molecule has 4 rings (SSSR count). The van der Waals surface area contributed by atoms with Crippen molar-refractivity contribution in [1.82, 2.24) is 14.8 Å². The van der Waals surface area contributed by atoms with E-state index in [1.54, 1.807) is 54.9 Å². The van der Waals surface area contributed by atoms with Crippen molar-refractivity contribution in [3.05, 3.63) is 30.1 Å². The molecule has 2 aliphatic rings. The number of pyridine rings is 1. The highest BCUT2D eigenvalue weighted by atomic mass is 16.3. The largest absolute Gasteiger partial charge is 0.384 e. The van der Waals surface area contributed by atoms with Crippen molar-refractivity contribution in [3.63, 3.8) is 0 Å². The molecule has 0 bridgehead atoms. The average Bonchev–Trinajstić information content (AvgIpc) is 3.34. The lowest BCUT2D eigenvalue weighted by atomic mass is 9.83. The Labute approximate surface area is 163 Å². The Morgan fingerprint density at radius 3 is 2.71 bits per heavy atom. The van der Waals surface area contributed by atoms with E-state index in [0.29, 0.717) is 30.3 Å². The summed E-state index contributed by atoms with van der Waals surface area (Å²) in [4.78, 5) is 19.0. The minimum absolute atomic E-state index is 0.100. The number of anilines is 3. The molecule has 2 aromatic heterocycles. The zero-order valence-corrected chi connectivity index (χ0v) is 16.3. The fourth-order valence-electron chi connectivity index (χ4n) is 4.02. The van der Waals surface area contributed by atoms with E-state index in [0.717, 1.165) is 18.5 Å². The first-order valence-corrected chi connectivity index (χ1v) is 9.48. The maximum absolute atomic E-state index is 13.0. The summed E-state index contributed by atoms with van der Waals surface area (Å²) in [5.74, 6) is 1.20. The third-order valence-electron chi connectivity index (χ3n) is 5.65. The third kappa shape index (κ3) is 3.02. The Balaban J connectivity index is 1.56. The Morgan fingerprint density at radius 1 is 1.36 bits per heavy atom. The Hall–Kier alpha value is -2.92. The highest BCUT2D eigenvalue weighted by Gasteiger charge is 2.56. The van der Waals surface area contributed by atoms with Gasteiger partial charge in [-0.3, -0.25) is 9.48 Å². The van der Waals surface area contributed by atoms with Crippen LogP contribution >= 0.6 is 0 Å². The first-order chi connectivity index (χ1) is 13.2. The van der Waals surface area contributed by atoms with Gasteiger partial charge in [-0.1, -0.05) is 0 Å². The molecule has 146 valence electrons. The molecule has 8 heteroatoms. The predicted octanol–water partition coefficient (Wildman–Crippen LogP) is 2.44. The molecule has 28 heavy (non-hydrogen) atoms. The lowest BCUT2D eigenvalue weighted by molar-refractivity contribution is -0.123. The molecule has 2 fully saturated rings. The van der Waals surface area contributed by atoms with E-state index in [-0.39, 0.29) is 11.8 Å². The van der Waals surface area contributed by atoms with Crippen LogP contribution in [0.15, 0.2) is 24.4 Å². The van der Waals surface area contributed by atoms with Gasteiger partial charge in [0, 0.05) is 37.6 Å². The second kappa shape index (κ2) is 6.31. The van der Waals surface area contributed by atoms with E-state index in [9.17, 15) is 15.2 Å². The van der Waals surface area contributed by atoms with E-state index in [1.165, 1.54) is 0 Å². The van der Waals surface area contributed by atoms with E-state index in [4.69, 9.17) is 0 Å². The Bertz CT molecular complexity index is 966. The number of hydrogen-bond acceptors (Lipinski definition) is 6. The third-order valence-corrected chi connectivity index (χ3v) is 5.65. The number of hydrogen-bond donors (Lipinski definition) is 2. The van der Waals surface area contributed by atoms with Crippen molar-refractivity contribution >= 4 is 23.2 Å². The van der Waals surface area contributed by atoms with E-state index in [1.807, 2.05) is 0 Å². The number of carbonyl (C=O) groups is 1. The van der Waals surface area contributed by atoms with Gasteiger partial charge in [0.15, 0.2) is 5.82 Å². The SMILES string of the molecule is Cn1nc(Nc2cc(N3CC[C@@](C#N)(C4CC4)C3=O)ccn2)cc1C(C)(C)O. The lowest BCUT2D eigenvalue weighted by Gasteiger charge is -2.21. The number of nitriles is 1. The van der Waals surface area contributed by atoms with Crippen molar-refractivity contribution in [2.45, 2.75) is 38.7 Å². The predicted molar refractivity (Wildman–Crippen MR) is 104 cm³/mol. The molecule has 2 aromatic rings. The summed E-state index contributed by atoms with van der Waals surface area (Å²) in [6.45, 7) is 3.94. The van der Waals surface area contributed by atoms with Gasteiger partial charge in [-0.2, -0.15) is 10.4 Å². The molecule has 0 aromatic carbocycles. The van der Waals surface area contributed by atoms with Crippen LogP contribution in [0, 0.1) is 22.7 Å². The molecule has 0 radical (unpaired) electrons. The summed E-state index contributed by atoms with van der Waals surface area (Å²) in [5, 5.41) is 27.4. The number of rotatable bonds is 5. The van der Waals surface area contributed by atoms with Gasteiger partial charge in [0.1, 0.15) is 16.8 Å². The van der Waals surface area contributed by atoms with E-state index >= 15 is 0 Å². The minimum Gasteiger partial charge on any atom is -0.384 e. The first-order valence-electron chi connectivity index (χ1n) is 9.48. The van der Waals surface area contributed by atoms with Gasteiger partial charge in [0.05, 0.1) is 11.8 Å². The number of carbonyl (C=O) groups excluding carboxylic acids is 1. The average molecular weight is 380 g/mol. The summed E-state index contributed by atoms with van der Waals surface area (Å²) in [5.41, 5.74) is -0.481. The van der Waals surface area contributed by atoms with Gasteiger partial charge in [-0.15, -0.1) is 0 Å². The molecule has 0 unspecified atom stereocenters. The molecular weight excluding hydrogens is 356 g/mol. The van der Waals surface area contributed by atoms with Crippen molar-refractivity contribution in [2.75, 3.05) is 16.8 Å². The zero-order chi connectivity index (χ0) is 20.1.